The zero-order chi connectivity index (χ0) is 18.4. The van der Waals surface area contributed by atoms with Crippen LogP contribution in [-0.4, -0.2) is 51.4 Å². The molecule has 26 heavy (non-hydrogen) atoms. The molecular weight excluding hydrogens is 469 g/mol. The monoisotopic (exact) mass is 495 g/mol. The molecule has 0 bridgehead atoms. The highest BCUT2D eigenvalue weighted by Gasteiger charge is 2.25. The standard InChI is InChI=1S/C16H25N5O3S.HI/c1-3-15(22)21-9-8-13(11-21)20-16(18-2)19-10-12-4-6-14(7-5-12)25(17,23)24;/h4-7,13H,3,8-11H2,1-2H3,(H2,17,23,24)(H2,18,19,20);1H. The summed E-state index contributed by atoms with van der Waals surface area (Å²) in [5, 5.41) is 11.6. The lowest BCUT2D eigenvalue weighted by atomic mass is 10.2. The van der Waals surface area contributed by atoms with Gasteiger partial charge in [0.1, 0.15) is 0 Å². The second-order valence-electron chi connectivity index (χ2n) is 5.94. The lowest BCUT2D eigenvalue weighted by molar-refractivity contribution is -0.129. The van der Waals surface area contributed by atoms with Crippen molar-refractivity contribution in [3.05, 3.63) is 29.8 Å². The topological polar surface area (TPSA) is 117 Å². The van der Waals surface area contributed by atoms with E-state index < -0.39 is 10.0 Å². The maximum Gasteiger partial charge on any atom is 0.238 e. The molecule has 4 N–H and O–H groups in total. The number of nitrogens with zero attached hydrogens (tertiary/aromatic N) is 2. The van der Waals surface area contributed by atoms with Gasteiger partial charge in [-0.25, -0.2) is 13.6 Å². The van der Waals surface area contributed by atoms with Crippen molar-refractivity contribution in [1.29, 1.82) is 0 Å². The molecule has 146 valence electrons. The van der Waals surface area contributed by atoms with Crippen LogP contribution in [0.15, 0.2) is 34.2 Å². The number of halogens is 1. The normalized spacial score (nSPS) is 17.6. The highest BCUT2D eigenvalue weighted by molar-refractivity contribution is 14.0. The lowest BCUT2D eigenvalue weighted by Crippen LogP contribution is -2.44. The maximum absolute atomic E-state index is 11.7. The number of carbonyl (C=O) groups excluding carboxylic acids is 1. The van der Waals surface area contributed by atoms with E-state index in [2.05, 4.69) is 15.6 Å². The van der Waals surface area contributed by atoms with Crippen molar-refractivity contribution in [3.63, 3.8) is 0 Å². The summed E-state index contributed by atoms with van der Waals surface area (Å²) >= 11 is 0. The fourth-order valence-electron chi connectivity index (χ4n) is 2.70. The van der Waals surface area contributed by atoms with Crippen LogP contribution < -0.4 is 15.8 Å². The van der Waals surface area contributed by atoms with Crippen LogP contribution >= 0.6 is 24.0 Å². The Labute approximate surface area is 171 Å². The van der Waals surface area contributed by atoms with E-state index in [-0.39, 0.29) is 40.8 Å². The number of primary sulfonamides is 1. The van der Waals surface area contributed by atoms with E-state index in [1.165, 1.54) is 12.1 Å². The number of hydrogen-bond donors (Lipinski definition) is 3. The summed E-state index contributed by atoms with van der Waals surface area (Å²) in [5.74, 6) is 0.813. The van der Waals surface area contributed by atoms with Crippen LogP contribution in [0.4, 0.5) is 0 Å². The SMILES string of the molecule is CCC(=O)N1CCC(NC(=NC)NCc2ccc(S(N)(=O)=O)cc2)C1.I. The van der Waals surface area contributed by atoms with E-state index in [1.807, 2.05) is 11.8 Å². The largest absolute Gasteiger partial charge is 0.352 e. The third-order valence-electron chi connectivity index (χ3n) is 4.12. The van der Waals surface area contributed by atoms with Crippen LogP contribution in [0.5, 0.6) is 0 Å². The van der Waals surface area contributed by atoms with Gasteiger partial charge in [0.15, 0.2) is 5.96 Å². The van der Waals surface area contributed by atoms with Crippen molar-refractivity contribution in [2.45, 2.75) is 37.2 Å². The van der Waals surface area contributed by atoms with Gasteiger partial charge in [-0.1, -0.05) is 19.1 Å². The van der Waals surface area contributed by atoms with E-state index in [9.17, 15) is 13.2 Å². The van der Waals surface area contributed by atoms with Gasteiger partial charge >= 0.3 is 0 Å². The van der Waals surface area contributed by atoms with Gasteiger partial charge in [-0.3, -0.25) is 9.79 Å². The first-order valence-electron chi connectivity index (χ1n) is 8.20. The third-order valence-corrected chi connectivity index (χ3v) is 5.05. The molecule has 1 aromatic rings. The van der Waals surface area contributed by atoms with Gasteiger partial charge in [0.05, 0.1) is 4.90 Å². The van der Waals surface area contributed by atoms with E-state index in [4.69, 9.17) is 5.14 Å². The average Bonchev–Trinajstić information content (AvgIpc) is 3.06. The molecule has 1 fully saturated rings. The average molecular weight is 495 g/mol. The molecule has 1 aliphatic heterocycles. The number of amides is 1. The fraction of sp³-hybridized carbons (Fsp3) is 0.500. The summed E-state index contributed by atoms with van der Waals surface area (Å²) in [5.41, 5.74) is 0.907. The van der Waals surface area contributed by atoms with Gasteiger partial charge in [-0.15, -0.1) is 24.0 Å². The van der Waals surface area contributed by atoms with Crippen LogP contribution in [0.25, 0.3) is 0 Å². The van der Waals surface area contributed by atoms with E-state index in [0.29, 0.717) is 25.5 Å². The Hall–Kier alpha value is -1.40. The molecule has 1 aliphatic rings. The van der Waals surface area contributed by atoms with E-state index in [1.54, 1.807) is 19.2 Å². The van der Waals surface area contributed by atoms with Gasteiger partial charge in [0.25, 0.3) is 0 Å². The number of carbonyl (C=O) groups is 1. The molecule has 0 saturated carbocycles. The smallest absolute Gasteiger partial charge is 0.238 e. The van der Waals surface area contributed by atoms with Gasteiger partial charge in [0.2, 0.25) is 15.9 Å². The van der Waals surface area contributed by atoms with Crippen molar-refractivity contribution in [1.82, 2.24) is 15.5 Å². The molecule has 2 rings (SSSR count). The fourth-order valence-corrected chi connectivity index (χ4v) is 3.21. The van der Waals surface area contributed by atoms with E-state index in [0.717, 1.165) is 18.5 Å². The van der Waals surface area contributed by atoms with Crippen molar-refractivity contribution in [3.8, 4) is 0 Å². The Bertz CT molecular complexity index is 737. The lowest BCUT2D eigenvalue weighted by Gasteiger charge is -2.18. The van der Waals surface area contributed by atoms with E-state index >= 15 is 0 Å². The Kier molecular flexibility index (Phi) is 8.77. The molecule has 1 aromatic carbocycles. The van der Waals surface area contributed by atoms with Gasteiger partial charge in [0, 0.05) is 39.1 Å². The van der Waals surface area contributed by atoms with Crippen molar-refractivity contribution < 1.29 is 13.2 Å². The Balaban J connectivity index is 0.00000338. The van der Waals surface area contributed by atoms with Crippen molar-refractivity contribution in [2.24, 2.45) is 10.1 Å². The first kappa shape index (κ1) is 22.6. The van der Waals surface area contributed by atoms with Crippen molar-refractivity contribution in [2.75, 3.05) is 20.1 Å². The van der Waals surface area contributed by atoms with Crippen LogP contribution in [-0.2, 0) is 21.4 Å². The zero-order valence-corrected chi connectivity index (χ0v) is 18.1. The summed E-state index contributed by atoms with van der Waals surface area (Å²) < 4.78 is 22.5. The third kappa shape index (κ3) is 6.40. The molecule has 1 heterocycles. The molecular formula is C16H26IN5O3S. The predicted molar refractivity (Wildman–Crippen MR) is 112 cm³/mol. The van der Waals surface area contributed by atoms with Crippen LogP contribution in [0.3, 0.4) is 0 Å². The molecule has 1 unspecified atom stereocenters. The molecule has 0 aromatic heterocycles. The zero-order valence-electron chi connectivity index (χ0n) is 14.9. The van der Waals surface area contributed by atoms with Crippen LogP contribution in [0, 0.1) is 0 Å². The molecule has 1 saturated heterocycles. The van der Waals surface area contributed by atoms with Crippen molar-refractivity contribution >= 4 is 45.9 Å². The minimum Gasteiger partial charge on any atom is -0.352 e. The summed E-state index contributed by atoms with van der Waals surface area (Å²) in [7, 11) is -1.99. The molecule has 8 nitrogen and oxygen atoms in total. The Morgan fingerprint density at radius 1 is 1.35 bits per heavy atom. The molecule has 1 atom stereocenters. The quantitative estimate of drug-likeness (QED) is 0.315. The highest BCUT2D eigenvalue weighted by atomic mass is 127. The number of guanidine groups is 1. The summed E-state index contributed by atoms with van der Waals surface area (Å²) in [6, 6.07) is 6.54. The number of benzene rings is 1. The first-order valence-corrected chi connectivity index (χ1v) is 9.74. The second kappa shape index (κ2) is 10.1. The van der Waals surface area contributed by atoms with Crippen LogP contribution in [0.2, 0.25) is 0 Å². The number of rotatable bonds is 5. The second-order valence-corrected chi connectivity index (χ2v) is 7.50. The molecule has 0 radical (unpaired) electrons. The number of sulfonamides is 1. The Morgan fingerprint density at radius 2 is 2.00 bits per heavy atom. The van der Waals surface area contributed by atoms with Gasteiger partial charge in [-0.05, 0) is 24.1 Å². The number of hydrogen-bond acceptors (Lipinski definition) is 4. The number of aliphatic imine (C=N–C) groups is 1. The molecule has 0 spiro atoms. The number of likely N-dealkylation sites (tertiary alicyclic amines) is 1. The first-order chi connectivity index (χ1) is 11.8. The summed E-state index contributed by atoms with van der Waals surface area (Å²) in [6.07, 6.45) is 1.41. The van der Waals surface area contributed by atoms with Crippen LogP contribution in [0.1, 0.15) is 25.3 Å². The summed E-state index contributed by atoms with van der Waals surface area (Å²) in [4.78, 5) is 17.9. The van der Waals surface area contributed by atoms with Gasteiger partial charge < -0.3 is 15.5 Å². The minimum absolute atomic E-state index is 0. The molecule has 1 amide bonds. The number of nitrogens with two attached hydrogens (primary N) is 1. The summed E-state index contributed by atoms with van der Waals surface area (Å²) in [6.45, 7) is 3.80. The Morgan fingerprint density at radius 3 is 2.54 bits per heavy atom. The minimum atomic E-state index is -3.67. The molecule has 0 aliphatic carbocycles. The van der Waals surface area contributed by atoms with Gasteiger partial charge in [-0.2, -0.15) is 0 Å². The maximum atomic E-state index is 11.7. The molecule has 10 heteroatoms. The number of nitrogens with one attached hydrogen (secondary N) is 2. The highest BCUT2D eigenvalue weighted by Crippen LogP contribution is 2.11. The predicted octanol–water partition coefficient (Wildman–Crippen LogP) is 0.628.